The summed E-state index contributed by atoms with van der Waals surface area (Å²) >= 11 is 0. The minimum Gasteiger partial charge on any atom is -0.608 e. The Morgan fingerprint density at radius 3 is 1.41 bits per heavy atom. The fraction of sp³-hybridized carbons (Fsp3) is 0.800. The summed E-state index contributed by atoms with van der Waals surface area (Å²) in [5.74, 6) is -1.28. The van der Waals surface area contributed by atoms with Crippen LogP contribution in [0.15, 0.2) is 0 Å². The number of carbonyl (C=O) groups excluding carboxylic acids is 2. The van der Waals surface area contributed by atoms with E-state index in [1.165, 1.54) is 13.8 Å². The molecule has 7 heteroatoms. The molecule has 1 fully saturated rings. The smallest absolute Gasteiger partial charge is 0.608 e. The monoisotopic (exact) mass is 245 g/mol. The third-order valence-corrected chi connectivity index (χ3v) is 2.95. The molecule has 0 aromatic carbocycles. The third-order valence-electron chi connectivity index (χ3n) is 2.95. The van der Waals surface area contributed by atoms with E-state index in [1.807, 2.05) is 0 Å². The lowest BCUT2D eigenvalue weighted by Gasteiger charge is -2.35. The lowest BCUT2D eigenvalue weighted by molar-refractivity contribution is -0.147. The average Bonchev–Trinajstić information content (AvgIpc) is 2.11. The lowest BCUT2D eigenvalue weighted by Crippen LogP contribution is -2.48. The van der Waals surface area contributed by atoms with Gasteiger partial charge < -0.3 is 18.6 Å². The van der Waals surface area contributed by atoms with E-state index in [1.54, 1.807) is 27.7 Å². The first-order valence-corrected chi connectivity index (χ1v) is 5.42. The third kappa shape index (κ3) is 2.78. The minimum absolute atomic E-state index is 0.639. The summed E-state index contributed by atoms with van der Waals surface area (Å²) in [5, 5.41) is 0. The van der Waals surface area contributed by atoms with Crippen LogP contribution < -0.4 is 0 Å². The van der Waals surface area contributed by atoms with Crippen LogP contribution in [0.4, 0.5) is 0 Å². The summed E-state index contributed by atoms with van der Waals surface area (Å²) in [6, 6.07) is 0. The maximum atomic E-state index is 11.1. The first-order valence-electron chi connectivity index (χ1n) is 5.42. The molecule has 0 aromatic rings. The Kier molecular flexibility index (Phi) is 3.28. The summed E-state index contributed by atoms with van der Waals surface area (Å²) in [5.41, 5.74) is -1.50. The Morgan fingerprint density at radius 1 is 0.882 bits per heavy atom. The molecule has 0 aromatic heterocycles. The predicted octanol–water partition coefficient (Wildman–Crippen LogP) is 1.15. The maximum absolute atomic E-state index is 11.1. The van der Waals surface area contributed by atoms with Crippen LogP contribution in [0.3, 0.4) is 0 Å². The van der Waals surface area contributed by atoms with Gasteiger partial charge >= 0.3 is 6.96 Å². The Hall–Kier alpha value is -1.08. The van der Waals surface area contributed by atoms with Gasteiger partial charge in [0.1, 0.15) is 0 Å². The quantitative estimate of drug-likeness (QED) is 0.679. The zero-order chi connectivity index (χ0) is 13.5. The normalized spacial score (nSPS) is 24.1. The molecular weight excluding hydrogens is 227 g/mol. The molecule has 0 amide bonds. The molecule has 6 nitrogen and oxygen atoms in total. The highest BCUT2D eigenvalue weighted by molar-refractivity contribution is 6.58. The van der Waals surface area contributed by atoms with E-state index >= 15 is 0 Å². The number of carbonyl (C=O) groups is 2. The Balaban J connectivity index is 3.03. The second-order valence-electron chi connectivity index (χ2n) is 5.05. The first-order chi connectivity index (χ1) is 7.50. The van der Waals surface area contributed by atoms with Crippen molar-refractivity contribution in [1.82, 2.24) is 0 Å². The van der Waals surface area contributed by atoms with Gasteiger partial charge in [-0.05, 0) is 27.7 Å². The van der Waals surface area contributed by atoms with Gasteiger partial charge in [-0.2, -0.15) is 0 Å². The molecular formula is C10H18BO6-. The molecule has 0 unspecified atom stereocenters. The largest absolute Gasteiger partial charge is 0.656 e. The van der Waals surface area contributed by atoms with Crippen molar-refractivity contribution in [3.8, 4) is 0 Å². The fourth-order valence-electron chi connectivity index (χ4n) is 1.56. The van der Waals surface area contributed by atoms with Crippen LogP contribution >= 0.6 is 0 Å². The van der Waals surface area contributed by atoms with Crippen LogP contribution in [0.1, 0.15) is 41.5 Å². The van der Waals surface area contributed by atoms with E-state index in [2.05, 4.69) is 0 Å². The van der Waals surface area contributed by atoms with Crippen molar-refractivity contribution in [3.05, 3.63) is 0 Å². The minimum atomic E-state index is -2.83. The van der Waals surface area contributed by atoms with Gasteiger partial charge in [-0.1, -0.05) is 0 Å². The molecule has 1 heterocycles. The SMILES string of the molecule is CC(=O)O[B-]1(OC(C)=O)OC(C)(C)C(C)(C)O1. The predicted molar refractivity (Wildman–Crippen MR) is 59.6 cm³/mol. The Bertz CT molecular complexity index is 315. The van der Waals surface area contributed by atoms with Crippen molar-refractivity contribution in [1.29, 1.82) is 0 Å². The molecule has 0 aliphatic carbocycles. The van der Waals surface area contributed by atoms with E-state index in [4.69, 9.17) is 18.6 Å². The maximum Gasteiger partial charge on any atom is 0.656 e. The van der Waals surface area contributed by atoms with Crippen molar-refractivity contribution in [3.63, 3.8) is 0 Å². The number of hydrogen-bond donors (Lipinski definition) is 0. The van der Waals surface area contributed by atoms with Crippen LogP contribution in [0.2, 0.25) is 0 Å². The molecule has 98 valence electrons. The molecule has 1 aliphatic heterocycles. The van der Waals surface area contributed by atoms with Crippen LogP contribution in [-0.4, -0.2) is 30.1 Å². The van der Waals surface area contributed by atoms with Gasteiger partial charge in [0.25, 0.3) is 11.9 Å². The zero-order valence-corrected chi connectivity index (χ0v) is 11.0. The molecule has 0 N–H and O–H groups in total. The Labute approximate surface area is 101 Å². The van der Waals surface area contributed by atoms with Gasteiger partial charge in [0.15, 0.2) is 0 Å². The molecule has 0 spiro atoms. The fourth-order valence-corrected chi connectivity index (χ4v) is 1.56. The van der Waals surface area contributed by atoms with Gasteiger partial charge in [0.05, 0.1) is 0 Å². The summed E-state index contributed by atoms with van der Waals surface area (Å²) in [6.45, 7) is 6.63. The van der Waals surface area contributed by atoms with Crippen LogP contribution in [-0.2, 0) is 28.2 Å². The van der Waals surface area contributed by atoms with Gasteiger partial charge in [0.2, 0.25) is 0 Å². The van der Waals surface area contributed by atoms with Crippen molar-refractivity contribution in [2.75, 3.05) is 0 Å². The molecule has 17 heavy (non-hydrogen) atoms. The average molecular weight is 245 g/mol. The van der Waals surface area contributed by atoms with Gasteiger partial charge in [-0.25, -0.2) is 0 Å². The van der Waals surface area contributed by atoms with Crippen molar-refractivity contribution < 1.29 is 28.2 Å². The standard InChI is InChI=1S/C10H18BO6/c1-7(12)14-11(15-8(2)13)16-9(3,4)10(5,6)17-11/h1-6H3/q-1. The van der Waals surface area contributed by atoms with Gasteiger partial charge in [0, 0.05) is 25.0 Å². The van der Waals surface area contributed by atoms with E-state index in [0.717, 1.165) is 0 Å². The zero-order valence-electron chi connectivity index (χ0n) is 11.0. The lowest BCUT2D eigenvalue weighted by atomic mass is 9.90. The van der Waals surface area contributed by atoms with E-state index < -0.39 is 30.1 Å². The second kappa shape index (κ2) is 3.99. The molecule has 1 aliphatic rings. The molecule has 0 saturated carbocycles. The van der Waals surface area contributed by atoms with Crippen molar-refractivity contribution >= 4 is 18.9 Å². The Morgan fingerprint density at radius 2 is 1.18 bits per heavy atom. The highest BCUT2D eigenvalue weighted by Crippen LogP contribution is 2.42. The molecule has 0 bridgehead atoms. The first kappa shape index (κ1) is 14.0. The summed E-state index contributed by atoms with van der Waals surface area (Å²) < 4.78 is 20.9. The van der Waals surface area contributed by atoms with Crippen LogP contribution in [0, 0.1) is 0 Å². The molecule has 0 radical (unpaired) electrons. The van der Waals surface area contributed by atoms with Crippen molar-refractivity contribution in [2.24, 2.45) is 0 Å². The number of rotatable bonds is 2. The van der Waals surface area contributed by atoms with Crippen LogP contribution in [0.5, 0.6) is 0 Å². The second-order valence-corrected chi connectivity index (χ2v) is 5.05. The molecule has 0 atom stereocenters. The summed E-state index contributed by atoms with van der Waals surface area (Å²) in [7, 11) is 0. The molecule has 1 rings (SSSR count). The summed E-state index contributed by atoms with van der Waals surface area (Å²) in [4.78, 5) is 22.1. The van der Waals surface area contributed by atoms with Crippen LogP contribution in [0.25, 0.3) is 0 Å². The highest BCUT2D eigenvalue weighted by atomic mass is 16.9. The van der Waals surface area contributed by atoms with Gasteiger partial charge in [-0.3, -0.25) is 9.59 Å². The number of hydrogen-bond acceptors (Lipinski definition) is 6. The van der Waals surface area contributed by atoms with Crippen molar-refractivity contribution in [2.45, 2.75) is 52.7 Å². The van der Waals surface area contributed by atoms with E-state index in [-0.39, 0.29) is 0 Å². The van der Waals surface area contributed by atoms with Gasteiger partial charge in [-0.15, -0.1) is 0 Å². The van der Waals surface area contributed by atoms with E-state index in [9.17, 15) is 9.59 Å². The molecule has 1 saturated heterocycles. The van der Waals surface area contributed by atoms with E-state index in [0.29, 0.717) is 0 Å². The summed E-state index contributed by atoms with van der Waals surface area (Å²) in [6.07, 6.45) is 0. The topological polar surface area (TPSA) is 71.1 Å². The highest BCUT2D eigenvalue weighted by Gasteiger charge is 2.58.